The molecular weight excluding hydrogens is 360 g/mol. The summed E-state index contributed by atoms with van der Waals surface area (Å²) in [5.74, 6) is 0. The van der Waals surface area contributed by atoms with Gasteiger partial charge in [-0.05, 0) is 36.1 Å². The minimum Gasteiger partial charge on any atom is -0.422 e. The SMILES string of the molecule is Cc1ccc2c(CN3CCN(C/C=C/c4ccccc4)CC3)cc(=O)oc2c1C. The van der Waals surface area contributed by atoms with Crippen LogP contribution in [0.2, 0.25) is 0 Å². The Morgan fingerprint density at radius 1 is 0.966 bits per heavy atom. The highest BCUT2D eigenvalue weighted by Gasteiger charge is 2.18. The van der Waals surface area contributed by atoms with Crippen molar-refractivity contribution in [2.75, 3.05) is 32.7 Å². The zero-order valence-electron chi connectivity index (χ0n) is 17.2. The molecule has 0 spiro atoms. The van der Waals surface area contributed by atoms with Crippen molar-refractivity contribution in [2.45, 2.75) is 20.4 Å². The molecular formula is C25H28N2O2. The topological polar surface area (TPSA) is 36.7 Å². The van der Waals surface area contributed by atoms with Gasteiger partial charge in [0.05, 0.1) is 0 Å². The number of hydrogen-bond donors (Lipinski definition) is 0. The molecule has 4 rings (SSSR count). The maximum atomic E-state index is 12.1. The largest absolute Gasteiger partial charge is 0.422 e. The van der Waals surface area contributed by atoms with E-state index in [0.717, 1.165) is 66.9 Å². The lowest BCUT2D eigenvalue weighted by molar-refractivity contribution is 0.137. The maximum absolute atomic E-state index is 12.1. The number of hydrogen-bond acceptors (Lipinski definition) is 4. The molecule has 0 aliphatic carbocycles. The lowest BCUT2D eigenvalue weighted by atomic mass is 10.0. The Balaban J connectivity index is 1.38. The van der Waals surface area contributed by atoms with E-state index in [1.807, 2.05) is 19.9 Å². The highest BCUT2D eigenvalue weighted by Crippen LogP contribution is 2.24. The number of piperazine rings is 1. The quantitative estimate of drug-likeness (QED) is 0.613. The predicted molar refractivity (Wildman–Crippen MR) is 119 cm³/mol. The Labute approximate surface area is 172 Å². The highest BCUT2D eigenvalue weighted by molar-refractivity contribution is 5.83. The van der Waals surface area contributed by atoms with E-state index in [0.29, 0.717) is 0 Å². The molecule has 150 valence electrons. The van der Waals surface area contributed by atoms with Gasteiger partial charge in [-0.3, -0.25) is 9.80 Å². The Kier molecular flexibility index (Phi) is 5.93. The van der Waals surface area contributed by atoms with E-state index < -0.39 is 0 Å². The monoisotopic (exact) mass is 388 g/mol. The van der Waals surface area contributed by atoms with Gasteiger partial charge in [-0.2, -0.15) is 0 Å². The van der Waals surface area contributed by atoms with Crippen LogP contribution >= 0.6 is 0 Å². The van der Waals surface area contributed by atoms with Crippen molar-refractivity contribution >= 4 is 17.0 Å². The first-order chi connectivity index (χ1) is 14.1. The van der Waals surface area contributed by atoms with Crippen LogP contribution in [0.1, 0.15) is 22.3 Å². The second-order valence-electron chi connectivity index (χ2n) is 7.86. The molecule has 0 saturated carbocycles. The first-order valence-electron chi connectivity index (χ1n) is 10.3. The van der Waals surface area contributed by atoms with Crippen LogP contribution in [0, 0.1) is 13.8 Å². The molecule has 0 atom stereocenters. The van der Waals surface area contributed by atoms with Crippen molar-refractivity contribution in [3.8, 4) is 0 Å². The van der Waals surface area contributed by atoms with Gasteiger partial charge in [-0.25, -0.2) is 4.79 Å². The van der Waals surface area contributed by atoms with Crippen molar-refractivity contribution in [2.24, 2.45) is 0 Å². The van der Waals surface area contributed by atoms with Crippen LogP contribution in [0.25, 0.3) is 17.0 Å². The molecule has 2 heterocycles. The lowest BCUT2D eigenvalue weighted by Gasteiger charge is -2.34. The second kappa shape index (κ2) is 8.76. The fraction of sp³-hybridized carbons (Fsp3) is 0.320. The zero-order chi connectivity index (χ0) is 20.2. The van der Waals surface area contributed by atoms with E-state index in [2.05, 4.69) is 58.4 Å². The smallest absolute Gasteiger partial charge is 0.336 e. The molecule has 0 bridgehead atoms. The number of benzene rings is 2. The molecule has 4 heteroatoms. The number of aryl methyl sites for hydroxylation is 2. The van der Waals surface area contributed by atoms with Crippen molar-refractivity contribution < 1.29 is 4.42 Å². The highest BCUT2D eigenvalue weighted by atomic mass is 16.4. The average Bonchev–Trinajstić information content (AvgIpc) is 2.73. The van der Waals surface area contributed by atoms with Gasteiger partial charge in [-0.1, -0.05) is 54.6 Å². The zero-order valence-corrected chi connectivity index (χ0v) is 17.2. The van der Waals surface area contributed by atoms with E-state index in [9.17, 15) is 4.79 Å². The van der Waals surface area contributed by atoms with Gasteiger partial charge in [-0.15, -0.1) is 0 Å². The van der Waals surface area contributed by atoms with E-state index >= 15 is 0 Å². The third-order valence-electron chi connectivity index (χ3n) is 5.85. The molecule has 29 heavy (non-hydrogen) atoms. The third kappa shape index (κ3) is 4.66. The Hall–Kier alpha value is -2.69. The Bertz CT molecular complexity index is 1060. The van der Waals surface area contributed by atoms with Crippen molar-refractivity contribution in [3.05, 3.63) is 87.3 Å². The number of nitrogens with zero attached hydrogens (tertiary/aromatic N) is 2. The molecule has 1 aromatic heterocycles. The van der Waals surface area contributed by atoms with Crippen LogP contribution in [-0.4, -0.2) is 42.5 Å². The fourth-order valence-corrected chi connectivity index (χ4v) is 3.93. The van der Waals surface area contributed by atoms with Crippen LogP contribution in [0.15, 0.2) is 63.8 Å². The minimum absolute atomic E-state index is 0.258. The molecule has 1 fully saturated rings. The summed E-state index contributed by atoms with van der Waals surface area (Å²) in [6, 6.07) is 16.3. The molecule has 0 unspecified atom stereocenters. The van der Waals surface area contributed by atoms with Crippen LogP contribution < -0.4 is 5.63 Å². The van der Waals surface area contributed by atoms with Crippen molar-refractivity contribution in [1.82, 2.24) is 9.80 Å². The molecule has 1 aliphatic heterocycles. The van der Waals surface area contributed by atoms with Crippen molar-refractivity contribution in [3.63, 3.8) is 0 Å². The third-order valence-corrected chi connectivity index (χ3v) is 5.85. The van der Waals surface area contributed by atoms with Gasteiger partial charge in [0.25, 0.3) is 0 Å². The molecule has 0 N–H and O–H groups in total. The summed E-state index contributed by atoms with van der Waals surface area (Å²) < 4.78 is 5.51. The molecule has 0 amide bonds. The van der Waals surface area contributed by atoms with Crippen LogP contribution in [0.3, 0.4) is 0 Å². The summed E-state index contributed by atoms with van der Waals surface area (Å²) in [6.45, 7) is 9.92. The predicted octanol–water partition coefficient (Wildman–Crippen LogP) is 4.24. The standard InChI is InChI=1S/C25H28N2O2/c1-19-10-11-23-22(17-24(28)29-25(23)20(19)2)18-27-15-13-26(14-16-27)12-6-9-21-7-4-3-5-8-21/h3-11,17H,12-16,18H2,1-2H3/b9-6+. The Morgan fingerprint density at radius 2 is 1.69 bits per heavy atom. The molecule has 1 saturated heterocycles. The molecule has 2 aromatic carbocycles. The van der Waals surface area contributed by atoms with Crippen LogP contribution in [-0.2, 0) is 6.54 Å². The van der Waals surface area contributed by atoms with Gasteiger partial charge in [0.1, 0.15) is 5.58 Å². The van der Waals surface area contributed by atoms with Crippen LogP contribution in [0.4, 0.5) is 0 Å². The first kappa shape index (κ1) is 19.6. The van der Waals surface area contributed by atoms with E-state index in [4.69, 9.17) is 4.42 Å². The van der Waals surface area contributed by atoms with Gasteiger partial charge in [0.15, 0.2) is 0 Å². The average molecular weight is 389 g/mol. The lowest BCUT2D eigenvalue weighted by Crippen LogP contribution is -2.45. The summed E-state index contributed by atoms with van der Waals surface area (Å²) in [5.41, 5.74) is 4.98. The van der Waals surface area contributed by atoms with Gasteiger partial charge < -0.3 is 4.42 Å². The Morgan fingerprint density at radius 3 is 2.45 bits per heavy atom. The fourth-order valence-electron chi connectivity index (χ4n) is 3.93. The summed E-state index contributed by atoms with van der Waals surface area (Å²) in [6.07, 6.45) is 4.43. The van der Waals surface area contributed by atoms with Gasteiger partial charge in [0.2, 0.25) is 0 Å². The summed E-state index contributed by atoms with van der Waals surface area (Å²) in [7, 11) is 0. The number of fused-ring (bicyclic) bond motifs is 1. The molecule has 4 nitrogen and oxygen atoms in total. The van der Waals surface area contributed by atoms with E-state index in [1.165, 1.54) is 5.56 Å². The van der Waals surface area contributed by atoms with Crippen LogP contribution in [0.5, 0.6) is 0 Å². The molecule has 0 radical (unpaired) electrons. The first-order valence-corrected chi connectivity index (χ1v) is 10.3. The maximum Gasteiger partial charge on any atom is 0.336 e. The van der Waals surface area contributed by atoms with Gasteiger partial charge in [0, 0.05) is 50.7 Å². The second-order valence-corrected chi connectivity index (χ2v) is 7.86. The van der Waals surface area contributed by atoms with Gasteiger partial charge >= 0.3 is 5.63 Å². The molecule has 3 aromatic rings. The summed E-state index contributed by atoms with van der Waals surface area (Å²) in [5, 5.41) is 1.06. The summed E-state index contributed by atoms with van der Waals surface area (Å²) in [4.78, 5) is 17.0. The van der Waals surface area contributed by atoms with Crippen molar-refractivity contribution in [1.29, 1.82) is 0 Å². The van der Waals surface area contributed by atoms with E-state index in [-0.39, 0.29) is 5.63 Å². The summed E-state index contributed by atoms with van der Waals surface area (Å²) >= 11 is 0. The normalized spacial score (nSPS) is 16.1. The van der Waals surface area contributed by atoms with E-state index in [1.54, 1.807) is 6.07 Å². The minimum atomic E-state index is -0.258. The molecule has 1 aliphatic rings. The number of rotatable bonds is 5.